The first-order valence-electron chi connectivity index (χ1n) is 7.81. The highest BCUT2D eigenvalue weighted by Gasteiger charge is 2.25. The van der Waals surface area contributed by atoms with Gasteiger partial charge in [-0.15, -0.1) is 0 Å². The molecule has 1 aliphatic carbocycles. The SMILES string of the molecule is Cn1ncc2c1CCC[C@H]2NC[C@@H]1CNc2ccnn2C1. The Balaban J connectivity index is 1.40. The predicted molar refractivity (Wildman–Crippen MR) is 81.1 cm³/mol. The molecule has 112 valence electrons. The Morgan fingerprint density at radius 3 is 3.33 bits per heavy atom. The molecule has 0 spiro atoms. The molecule has 6 heteroatoms. The Hall–Kier alpha value is -1.82. The highest BCUT2D eigenvalue weighted by molar-refractivity contribution is 5.35. The molecule has 0 aromatic carbocycles. The van der Waals surface area contributed by atoms with Crippen LogP contribution in [0.5, 0.6) is 0 Å². The molecule has 2 aromatic rings. The molecule has 0 amide bonds. The van der Waals surface area contributed by atoms with Crippen LogP contribution in [0.1, 0.15) is 30.1 Å². The van der Waals surface area contributed by atoms with Crippen molar-refractivity contribution in [1.82, 2.24) is 24.9 Å². The molecule has 3 heterocycles. The van der Waals surface area contributed by atoms with Crippen LogP contribution in [-0.4, -0.2) is 32.7 Å². The molecule has 21 heavy (non-hydrogen) atoms. The molecule has 2 atom stereocenters. The minimum atomic E-state index is 0.460. The molecule has 2 N–H and O–H groups in total. The van der Waals surface area contributed by atoms with E-state index in [0.29, 0.717) is 12.0 Å². The summed E-state index contributed by atoms with van der Waals surface area (Å²) in [6.45, 7) is 3.03. The molecular formula is C15H22N6. The number of aromatic nitrogens is 4. The zero-order valence-electron chi connectivity index (χ0n) is 12.4. The second-order valence-corrected chi connectivity index (χ2v) is 6.17. The molecule has 0 bridgehead atoms. The van der Waals surface area contributed by atoms with Crippen LogP contribution in [-0.2, 0) is 20.0 Å². The van der Waals surface area contributed by atoms with Crippen LogP contribution >= 0.6 is 0 Å². The Kier molecular flexibility index (Phi) is 3.18. The summed E-state index contributed by atoms with van der Waals surface area (Å²) in [5.41, 5.74) is 2.79. The Morgan fingerprint density at radius 2 is 2.38 bits per heavy atom. The Bertz CT molecular complexity index is 628. The first-order chi connectivity index (χ1) is 10.3. The fraction of sp³-hybridized carbons (Fsp3) is 0.600. The summed E-state index contributed by atoms with van der Waals surface area (Å²) in [6, 6.07) is 2.49. The number of aryl methyl sites for hydroxylation is 1. The quantitative estimate of drug-likeness (QED) is 0.893. The number of hydrogen-bond donors (Lipinski definition) is 2. The molecule has 0 fully saturated rings. The largest absolute Gasteiger partial charge is 0.370 e. The summed E-state index contributed by atoms with van der Waals surface area (Å²) in [5, 5.41) is 16.0. The molecule has 0 saturated carbocycles. The van der Waals surface area contributed by atoms with Gasteiger partial charge in [-0.3, -0.25) is 4.68 Å². The van der Waals surface area contributed by atoms with Gasteiger partial charge in [-0.05, 0) is 19.3 Å². The summed E-state index contributed by atoms with van der Waals surface area (Å²) >= 11 is 0. The van der Waals surface area contributed by atoms with Gasteiger partial charge in [0.25, 0.3) is 0 Å². The molecule has 2 aromatic heterocycles. The maximum atomic E-state index is 4.42. The van der Waals surface area contributed by atoms with E-state index in [1.165, 1.54) is 24.1 Å². The first-order valence-corrected chi connectivity index (χ1v) is 7.81. The van der Waals surface area contributed by atoms with Crippen molar-refractivity contribution in [1.29, 1.82) is 0 Å². The van der Waals surface area contributed by atoms with Gasteiger partial charge in [0.2, 0.25) is 0 Å². The normalized spacial score (nSPS) is 24.2. The van der Waals surface area contributed by atoms with Gasteiger partial charge in [0.15, 0.2) is 0 Å². The summed E-state index contributed by atoms with van der Waals surface area (Å²) < 4.78 is 4.09. The topological polar surface area (TPSA) is 59.7 Å². The summed E-state index contributed by atoms with van der Waals surface area (Å²) in [4.78, 5) is 0. The minimum absolute atomic E-state index is 0.460. The molecule has 0 unspecified atom stereocenters. The second-order valence-electron chi connectivity index (χ2n) is 6.17. The second kappa shape index (κ2) is 5.18. The van der Waals surface area contributed by atoms with Gasteiger partial charge in [-0.1, -0.05) is 0 Å². The highest BCUT2D eigenvalue weighted by atomic mass is 15.3. The van der Waals surface area contributed by atoms with Crippen LogP contribution in [0.15, 0.2) is 18.5 Å². The van der Waals surface area contributed by atoms with Gasteiger partial charge in [0.1, 0.15) is 5.82 Å². The number of nitrogens with zero attached hydrogens (tertiary/aromatic N) is 4. The van der Waals surface area contributed by atoms with Gasteiger partial charge < -0.3 is 10.6 Å². The smallest absolute Gasteiger partial charge is 0.124 e. The van der Waals surface area contributed by atoms with E-state index in [1.54, 1.807) is 0 Å². The van der Waals surface area contributed by atoms with Crippen LogP contribution in [0.3, 0.4) is 0 Å². The maximum Gasteiger partial charge on any atom is 0.124 e. The maximum absolute atomic E-state index is 4.42. The first kappa shape index (κ1) is 12.9. The molecule has 4 rings (SSSR count). The van der Waals surface area contributed by atoms with E-state index >= 15 is 0 Å². The third-order valence-corrected chi connectivity index (χ3v) is 4.75. The van der Waals surface area contributed by atoms with Gasteiger partial charge in [0.05, 0.1) is 12.4 Å². The van der Waals surface area contributed by atoms with E-state index in [0.717, 1.165) is 31.9 Å². The van der Waals surface area contributed by atoms with Gasteiger partial charge >= 0.3 is 0 Å². The van der Waals surface area contributed by atoms with Crippen LogP contribution in [0, 0.1) is 5.92 Å². The van der Waals surface area contributed by atoms with Gasteiger partial charge in [-0.2, -0.15) is 10.2 Å². The van der Waals surface area contributed by atoms with Crippen molar-refractivity contribution in [2.45, 2.75) is 31.8 Å². The van der Waals surface area contributed by atoms with E-state index in [9.17, 15) is 0 Å². The van der Waals surface area contributed by atoms with Crippen molar-refractivity contribution < 1.29 is 0 Å². The lowest BCUT2D eigenvalue weighted by Gasteiger charge is -2.29. The van der Waals surface area contributed by atoms with E-state index < -0.39 is 0 Å². The van der Waals surface area contributed by atoms with Crippen molar-refractivity contribution >= 4 is 5.82 Å². The fourth-order valence-corrected chi connectivity index (χ4v) is 3.55. The lowest BCUT2D eigenvalue weighted by molar-refractivity contribution is 0.355. The Labute approximate surface area is 124 Å². The van der Waals surface area contributed by atoms with E-state index in [2.05, 4.69) is 25.5 Å². The molecule has 2 aliphatic rings. The van der Waals surface area contributed by atoms with Gasteiger partial charge in [0, 0.05) is 56.0 Å². The predicted octanol–water partition coefficient (Wildman–Crippen LogP) is 1.33. The summed E-state index contributed by atoms with van der Waals surface area (Å²) in [5.74, 6) is 1.72. The zero-order chi connectivity index (χ0) is 14.2. The summed E-state index contributed by atoms with van der Waals surface area (Å²) in [6.07, 6.45) is 7.52. The van der Waals surface area contributed by atoms with E-state index in [1.807, 2.05) is 30.2 Å². The number of nitrogens with one attached hydrogen (secondary N) is 2. The lowest BCUT2D eigenvalue weighted by atomic mass is 9.92. The molecule has 1 aliphatic heterocycles. The van der Waals surface area contributed by atoms with E-state index in [4.69, 9.17) is 0 Å². The van der Waals surface area contributed by atoms with Gasteiger partial charge in [-0.25, -0.2) is 4.68 Å². The van der Waals surface area contributed by atoms with Crippen molar-refractivity contribution in [3.8, 4) is 0 Å². The van der Waals surface area contributed by atoms with Crippen molar-refractivity contribution in [3.63, 3.8) is 0 Å². The number of hydrogen-bond acceptors (Lipinski definition) is 4. The standard InChI is InChI=1S/C15H22N6/c1-20-14-4-2-3-13(12(14)9-19-20)16-7-11-8-17-15-5-6-18-21(15)10-11/h5-6,9,11,13,16-17H,2-4,7-8,10H2,1H3/t11-,13-/m1/s1. The van der Waals surface area contributed by atoms with Crippen molar-refractivity contribution in [3.05, 3.63) is 29.7 Å². The molecule has 0 radical (unpaired) electrons. The average molecular weight is 286 g/mol. The third kappa shape index (κ3) is 2.33. The summed E-state index contributed by atoms with van der Waals surface area (Å²) in [7, 11) is 2.05. The van der Waals surface area contributed by atoms with Crippen molar-refractivity contribution in [2.75, 3.05) is 18.4 Å². The monoisotopic (exact) mass is 286 g/mol. The molecular weight excluding hydrogens is 264 g/mol. The third-order valence-electron chi connectivity index (χ3n) is 4.75. The van der Waals surface area contributed by atoms with E-state index in [-0.39, 0.29) is 0 Å². The molecule has 6 nitrogen and oxygen atoms in total. The average Bonchev–Trinajstić information content (AvgIpc) is 3.12. The minimum Gasteiger partial charge on any atom is -0.370 e. The number of rotatable bonds is 3. The van der Waals surface area contributed by atoms with Crippen LogP contribution in [0.4, 0.5) is 5.82 Å². The fourth-order valence-electron chi connectivity index (χ4n) is 3.55. The van der Waals surface area contributed by atoms with Crippen LogP contribution in [0.2, 0.25) is 0 Å². The number of anilines is 1. The Morgan fingerprint density at radius 1 is 1.43 bits per heavy atom. The number of fused-ring (bicyclic) bond motifs is 2. The highest BCUT2D eigenvalue weighted by Crippen LogP contribution is 2.29. The van der Waals surface area contributed by atoms with Crippen LogP contribution in [0.25, 0.3) is 0 Å². The molecule has 0 saturated heterocycles. The van der Waals surface area contributed by atoms with Crippen LogP contribution < -0.4 is 10.6 Å². The lowest BCUT2D eigenvalue weighted by Crippen LogP contribution is -2.37. The zero-order valence-corrected chi connectivity index (χ0v) is 12.4. The van der Waals surface area contributed by atoms with Crippen molar-refractivity contribution in [2.24, 2.45) is 13.0 Å².